The van der Waals surface area contributed by atoms with E-state index < -0.39 is 15.9 Å². The zero-order valence-electron chi connectivity index (χ0n) is 20.5. The Bertz CT molecular complexity index is 1440. The maximum atomic E-state index is 13.3. The monoisotopic (exact) mass is 509 g/mol. The minimum absolute atomic E-state index is 0.163. The highest BCUT2D eigenvalue weighted by atomic mass is 32.2. The number of hydrogen-bond donors (Lipinski definition) is 1. The first-order valence-electron chi connectivity index (χ1n) is 11.3. The van der Waals surface area contributed by atoms with Crippen LogP contribution in [-0.2, 0) is 16.4 Å². The number of nitrogens with zero attached hydrogens (tertiary/aromatic N) is 4. The van der Waals surface area contributed by atoms with E-state index in [1.165, 1.54) is 6.07 Å². The molecule has 3 aromatic rings. The lowest BCUT2D eigenvalue weighted by Crippen LogP contribution is -2.29. The second kappa shape index (κ2) is 9.94. The number of anilines is 3. The van der Waals surface area contributed by atoms with Crippen LogP contribution in [0.25, 0.3) is 0 Å². The topological polar surface area (TPSA) is 122 Å². The molecular formula is C25H27N5O5S. The lowest BCUT2D eigenvalue weighted by atomic mass is 10.1. The molecule has 3 heterocycles. The molecule has 0 bridgehead atoms. The molecule has 36 heavy (non-hydrogen) atoms. The Morgan fingerprint density at radius 1 is 1.14 bits per heavy atom. The normalized spacial score (nSPS) is 13.1. The number of benzene rings is 1. The van der Waals surface area contributed by atoms with Crippen molar-refractivity contribution >= 4 is 39.2 Å². The fraction of sp³-hybridized carbons (Fsp3) is 0.280. The third kappa shape index (κ3) is 5.15. The predicted molar refractivity (Wildman–Crippen MR) is 137 cm³/mol. The van der Waals surface area contributed by atoms with Gasteiger partial charge in [0, 0.05) is 38.0 Å². The van der Waals surface area contributed by atoms with Crippen molar-refractivity contribution < 1.29 is 22.7 Å². The van der Waals surface area contributed by atoms with Crippen LogP contribution >= 0.6 is 0 Å². The van der Waals surface area contributed by atoms with Crippen molar-refractivity contribution in [2.24, 2.45) is 0 Å². The first kappa shape index (κ1) is 25.1. The molecule has 0 spiro atoms. The van der Waals surface area contributed by atoms with Gasteiger partial charge in [-0.2, -0.15) is 0 Å². The van der Waals surface area contributed by atoms with Gasteiger partial charge in [0.2, 0.25) is 10.0 Å². The standard InChI is InChI=1S/C25H27N5O5S/c1-5-30-22-19(25(32)29(3)20-7-6-11-26-23(20)30)14-17(15-27-22)10-12-35-21-9-8-18(13-16(21)2)24(31)28-36(4,33)34/h6-9,11,13-15H,5,10,12H2,1-4H3,(H,28,31). The van der Waals surface area contributed by atoms with Crippen molar-refractivity contribution in [3.8, 4) is 5.75 Å². The van der Waals surface area contributed by atoms with E-state index in [9.17, 15) is 18.0 Å². The van der Waals surface area contributed by atoms with E-state index in [4.69, 9.17) is 4.74 Å². The molecule has 1 aromatic carbocycles. The molecule has 0 saturated carbocycles. The van der Waals surface area contributed by atoms with Crippen molar-refractivity contribution in [2.45, 2.75) is 20.3 Å². The Balaban J connectivity index is 1.49. The summed E-state index contributed by atoms with van der Waals surface area (Å²) in [4.78, 5) is 37.9. The third-order valence-electron chi connectivity index (χ3n) is 5.78. The first-order chi connectivity index (χ1) is 17.1. The summed E-state index contributed by atoms with van der Waals surface area (Å²) < 4.78 is 30.4. The molecule has 4 rings (SSSR count). The number of sulfonamides is 1. The summed E-state index contributed by atoms with van der Waals surface area (Å²) in [6.45, 7) is 4.68. The van der Waals surface area contributed by atoms with Gasteiger partial charge in [0.15, 0.2) is 5.82 Å². The van der Waals surface area contributed by atoms with Gasteiger partial charge in [-0.3, -0.25) is 9.59 Å². The molecule has 10 nitrogen and oxygen atoms in total. The summed E-state index contributed by atoms with van der Waals surface area (Å²) in [5.41, 5.74) is 2.96. The highest BCUT2D eigenvalue weighted by molar-refractivity contribution is 7.89. The van der Waals surface area contributed by atoms with E-state index in [-0.39, 0.29) is 11.5 Å². The lowest BCUT2D eigenvalue weighted by molar-refractivity contribution is 0.0977. The van der Waals surface area contributed by atoms with Gasteiger partial charge in [0.25, 0.3) is 11.8 Å². The fourth-order valence-electron chi connectivity index (χ4n) is 4.02. The van der Waals surface area contributed by atoms with Crippen molar-refractivity contribution in [1.29, 1.82) is 0 Å². The second-order valence-electron chi connectivity index (χ2n) is 8.45. The smallest absolute Gasteiger partial charge is 0.264 e. The Morgan fingerprint density at radius 3 is 2.61 bits per heavy atom. The van der Waals surface area contributed by atoms with E-state index in [2.05, 4.69) is 9.97 Å². The number of aryl methyl sites for hydroxylation is 1. The fourth-order valence-corrected chi connectivity index (χ4v) is 4.47. The summed E-state index contributed by atoms with van der Waals surface area (Å²) >= 11 is 0. The van der Waals surface area contributed by atoms with Crippen molar-refractivity contribution in [3.63, 3.8) is 0 Å². The van der Waals surface area contributed by atoms with Crippen LogP contribution in [0, 0.1) is 6.92 Å². The van der Waals surface area contributed by atoms with Gasteiger partial charge in [0.1, 0.15) is 11.6 Å². The van der Waals surface area contributed by atoms with Gasteiger partial charge in [-0.25, -0.2) is 23.1 Å². The molecular weight excluding hydrogens is 482 g/mol. The van der Waals surface area contributed by atoms with E-state index in [0.717, 1.165) is 17.5 Å². The molecule has 0 atom stereocenters. The number of aromatic nitrogens is 2. The number of nitrogens with one attached hydrogen (secondary N) is 1. The minimum Gasteiger partial charge on any atom is -0.493 e. The van der Waals surface area contributed by atoms with Gasteiger partial charge in [0.05, 0.1) is 24.1 Å². The third-order valence-corrected chi connectivity index (χ3v) is 6.33. The second-order valence-corrected chi connectivity index (χ2v) is 10.2. The summed E-state index contributed by atoms with van der Waals surface area (Å²) in [5, 5.41) is 0. The number of pyridine rings is 2. The lowest BCUT2D eigenvalue weighted by Gasteiger charge is -2.22. The van der Waals surface area contributed by atoms with Crippen LogP contribution in [0.5, 0.6) is 5.75 Å². The molecule has 11 heteroatoms. The summed E-state index contributed by atoms with van der Waals surface area (Å²) in [6, 6.07) is 10.2. The maximum absolute atomic E-state index is 13.3. The van der Waals surface area contributed by atoms with Gasteiger partial charge in [-0.15, -0.1) is 0 Å². The molecule has 1 aliphatic heterocycles. The largest absolute Gasteiger partial charge is 0.493 e. The Kier molecular flexibility index (Phi) is 6.93. The summed E-state index contributed by atoms with van der Waals surface area (Å²) in [6.07, 6.45) is 4.86. The van der Waals surface area contributed by atoms with E-state index in [1.807, 2.05) is 28.7 Å². The SMILES string of the molecule is CCN1c2ncc(CCOc3ccc(C(=O)NS(C)(=O)=O)cc3C)cc2C(=O)N(C)c2cccnc21. The molecule has 2 amide bonds. The van der Waals surface area contributed by atoms with Gasteiger partial charge >= 0.3 is 0 Å². The predicted octanol–water partition coefficient (Wildman–Crippen LogP) is 2.84. The summed E-state index contributed by atoms with van der Waals surface area (Å²) in [5.74, 6) is 0.960. The van der Waals surface area contributed by atoms with Crippen LogP contribution in [0.15, 0.2) is 48.8 Å². The minimum atomic E-state index is -3.65. The number of ether oxygens (including phenoxy) is 1. The van der Waals surface area contributed by atoms with Crippen LogP contribution in [-0.4, -0.2) is 56.7 Å². The molecule has 1 N–H and O–H groups in total. The highest BCUT2D eigenvalue weighted by Crippen LogP contribution is 2.37. The molecule has 0 unspecified atom stereocenters. The van der Waals surface area contributed by atoms with E-state index >= 15 is 0 Å². The van der Waals surface area contributed by atoms with Gasteiger partial charge < -0.3 is 14.5 Å². The molecule has 0 radical (unpaired) electrons. The number of carbonyl (C=O) groups is 2. The van der Waals surface area contributed by atoms with Crippen LogP contribution < -0.4 is 19.3 Å². The number of rotatable bonds is 7. The first-order valence-corrected chi connectivity index (χ1v) is 13.2. The van der Waals surface area contributed by atoms with Crippen molar-refractivity contribution in [1.82, 2.24) is 14.7 Å². The number of hydrogen-bond acceptors (Lipinski definition) is 8. The molecule has 2 aromatic heterocycles. The summed E-state index contributed by atoms with van der Waals surface area (Å²) in [7, 11) is -1.92. The number of carbonyl (C=O) groups excluding carboxylic acids is 2. The molecule has 1 aliphatic rings. The average Bonchev–Trinajstić information content (AvgIpc) is 2.92. The molecule has 188 valence electrons. The van der Waals surface area contributed by atoms with Crippen LogP contribution in [0.4, 0.5) is 17.3 Å². The van der Waals surface area contributed by atoms with Crippen molar-refractivity contribution in [3.05, 3.63) is 71.0 Å². The zero-order valence-corrected chi connectivity index (χ0v) is 21.3. The number of fused-ring (bicyclic) bond motifs is 2. The molecule has 0 aliphatic carbocycles. The highest BCUT2D eigenvalue weighted by Gasteiger charge is 2.30. The van der Waals surface area contributed by atoms with Gasteiger partial charge in [-0.05, 0) is 61.4 Å². The van der Waals surface area contributed by atoms with Crippen LogP contribution in [0.2, 0.25) is 0 Å². The van der Waals surface area contributed by atoms with Crippen LogP contribution in [0.3, 0.4) is 0 Å². The average molecular weight is 510 g/mol. The van der Waals surface area contributed by atoms with Crippen LogP contribution in [0.1, 0.15) is 38.8 Å². The van der Waals surface area contributed by atoms with E-state index in [1.54, 1.807) is 49.5 Å². The zero-order chi connectivity index (χ0) is 26.0. The Morgan fingerprint density at radius 2 is 1.92 bits per heavy atom. The maximum Gasteiger partial charge on any atom is 0.264 e. The quantitative estimate of drug-likeness (QED) is 0.516. The number of amides is 2. The molecule has 0 fully saturated rings. The molecule has 0 saturated heterocycles. The van der Waals surface area contributed by atoms with Crippen molar-refractivity contribution in [2.75, 3.05) is 36.3 Å². The van der Waals surface area contributed by atoms with E-state index in [0.29, 0.717) is 48.1 Å². The Labute approximate surface area is 210 Å². The Hall–Kier alpha value is -3.99. The van der Waals surface area contributed by atoms with Gasteiger partial charge in [-0.1, -0.05) is 0 Å².